The minimum atomic E-state index is -1.54. The molecule has 134 valence electrons. The van der Waals surface area contributed by atoms with Crippen LogP contribution >= 0.6 is 0 Å². The van der Waals surface area contributed by atoms with Crippen molar-refractivity contribution in [2.24, 2.45) is 11.5 Å². The highest BCUT2D eigenvalue weighted by molar-refractivity contribution is 5.94. The average Bonchev–Trinajstić information content (AvgIpc) is 3.00. The quantitative estimate of drug-likeness (QED) is 0.858. The Kier molecular flexibility index (Phi) is 3.69. The fourth-order valence-electron chi connectivity index (χ4n) is 3.79. The fraction of sp³-hybridized carbons (Fsp3) is 0.471. The first kappa shape index (κ1) is 16.3. The fourth-order valence-corrected chi connectivity index (χ4v) is 3.79. The van der Waals surface area contributed by atoms with E-state index in [-0.39, 0.29) is 49.7 Å². The number of hydrogen-bond donors (Lipinski definition) is 2. The van der Waals surface area contributed by atoms with Gasteiger partial charge < -0.3 is 25.7 Å². The summed E-state index contributed by atoms with van der Waals surface area (Å²) < 4.78 is 36.8. The summed E-state index contributed by atoms with van der Waals surface area (Å²) in [7, 11) is 0. The van der Waals surface area contributed by atoms with Crippen molar-refractivity contribution in [1.82, 2.24) is 4.57 Å². The van der Waals surface area contributed by atoms with E-state index in [0.29, 0.717) is 29.6 Å². The summed E-state index contributed by atoms with van der Waals surface area (Å²) in [6, 6.07) is 2.80. The Hall–Kier alpha value is -2.19. The van der Waals surface area contributed by atoms with Gasteiger partial charge in [-0.2, -0.15) is 0 Å². The van der Waals surface area contributed by atoms with Crippen LogP contribution in [0.25, 0.3) is 10.9 Å². The molecule has 0 spiro atoms. The highest BCUT2D eigenvalue weighted by Crippen LogP contribution is 2.43. The second-order valence-corrected chi connectivity index (χ2v) is 6.67. The number of benzene rings is 1. The minimum absolute atomic E-state index is 0.00307. The van der Waals surface area contributed by atoms with Gasteiger partial charge in [0.25, 0.3) is 5.56 Å². The van der Waals surface area contributed by atoms with Crippen LogP contribution < -0.4 is 26.7 Å². The number of aromatic nitrogens is 1. The topological polar surface area (TPSA) is 86.5 Å². The van der Waals surface area contributed by atoms with Gasteiger partial charge in [-0.1, -0.05) is 0 Å². The summed E-state index contributed by atoms with van der Waals surface area (Å²) in [6.07, 6.45) is 0.232. The van der Waals surface area contributed by atoms with Crippen LogP contribution in [0.2, 0.25) is 0 Å². The summed E-state index contributed by atoms with van der Waals surface area (Å²) in [5.74, 6) is -0.222. The molecule has 25 heavy (non-hydrogen) atoms. The highest BCUT2D eigenvalue weighted by Gasteiger charge is 2.40. The summed E-state index contributed by atoms with van der Waals surface area (Å²) in [5, 5.41) is 0.558. The van der Waals surface area contributed by atoms with Crippen molar-refractivity contribution in [3.05, 3.63) is 33.9 Å². The molecule has 3 heterocycles. The van der Waals surface area contributed by atoms with E-state index < -0.39 is 11.5 Å². The van der Waals surface area contributed by atoms with E-state index in [2.05, 4.69) is 0 Å². The molecule has 1 aromatic heterocycles. The molecule has 1 aromatic carbocycles. The minimum Gasteiger partial charge on any atom is -0.487 e. The lowest BCUT2D eigenvalue weighted by Crippen LogP contribution is -2.37. The number of nitrogens with zero attached hydrogens (tertiary/aromatic N) is 2. The third kappa shape index (κ3) is 2.39. The Morgan fingerprint density at radius 2 is 2.08 bits per heavy atom. The van der Waals surface area contributed by atoms with Crippen LogP contribution in [0.4, 0.5) is 14.5 Å². The van der Waals surface area contributed by atoms with Crippen LogP contribution in [0.5, 0.6) is 5.75 Å². The summed E-state index contributed by atoms with van der Waals surface area (Å²) in [5.41, 5.74) is 10.8. The van der Waals surface area contributed by atoms with Crippen molar-refractivity contribution in [1.29, 1.82) is 0 Å². The zero-order valence-corrected chi connectivity index (χ0v) is 13.7. The van der Waals surface area contributed by atoms with E-state index in [0.717, 1.165) is 0 Å². The predicted molar refractivity (Wildman–Crippen MR) is 91.3 cm³/mol. The van der Waals surface area contributed by atoms with E-state index in [1.165, 1.54) is 12.1 Å². The molecule has 4 rings (SSSR count). The van der Waals surface area contributed by atoms with Gasteiger partial charge in [0, 0.05) is 37.5 Å². The SMILES string of the molecule is NCc1cc(=O)n2c3c(c(N4CCC(F)(CN)C4)c(F)cc13)OCC2. The van der Waals surface area contributed by atoms with Crippen LogP contribution in [-0.4, -0.2) is 36.5 Å². The van der Waals surface area contributed by atoms with Crippen LogP contribution in [0.3, 0.4) is 0 Å². The second kappa shape index (κ2) is 5.67. The smallest absolute Gasteiger partial charge is 0.251 e. The standard InChI is InChI=1S/C17H20F2N4O2/c18-12-6-11-10(7-20)5-13(24)23-3-4-25-16(14(11)23)15(12)22-2-1-17(19,8-21)9-22/h5-6H,1-4,7-9,20-21H2. The number of anilines is 1. The molecule has 1 saturated heterocycles. The first-order valence-corrected chi connectivity index (χ1v) is 8.33. The molecule has 0 amide bonds. The van der Waals surface area contributed by atoms with Gasteiger partial charge >= 0.3 is 0 Å². The van der Waals surface area contributed by atoms with Crippen LogP contribution in [0.15, 0.2) is 16.9 Å². The molecule has 1 unspecified atom stereocenters. The lowest BCUT2D eigenvalue weighted by molar-refractivity contribution is 0.203. The molecule has 2 aliphatic heterocycles. The molecule has 0 radical (unpaired) electrons. The number of ether oxygens (including phenoxy) is 1. The van der Waals surface area contributed by atoms with Gasteiger partial charge in [-0.3, -0.25) is 4.79 Å². The van der Waals surface area contributed by atoms with Crippen LogP contribution in [0, 0.1) is 5.82 Å². The van der Waals surface area contributed by atoms with Crippen molar-refractivity contribution < 1.29 is 13.5 Å². The number of nitrogens with two attached hydrogens (primary N) is 2. The van der Waals surface area contributed by atoms with Gasteiger partial charge in [0.05, 0.1) is 18.6 Å². The third-order valence-electron chi connectivity index (χ3n) is 5.13. The van der Waals surface area contributed by atoms with Crippen molar-refractivity contribution >= 4 is 16.6 Å². The van der Waals surface area contributed by atoms with E-state index in [4.69, 9.17) is 16.2 Å². The first-order valence-electron chi connectivity index (χ1n) is 8.33. The lowest BCUT2D eigenvalue weighted by Gasteiger charge is -2.28. The number of hydrogen-bond acceptors (Lipinski definition) is 5. The zero-order chi connectivity index (χ0) is 17.8. The summed E-state index contributed by atoms with van der Waals surface area (Å²) >= 11 is 0. The van der Waals surface area contributed by atoms with E-state index >= 15 is 0 Å². The molecule has 0 aliphatic carbocycles. The van der Waals surface area contributed by atoms with Gasteiger partial charge in [-0.05, 0) is 11.6 Å². The van der Waals surface area contributed by atoms with Crippen LogP contribution in [-0.2, 0) is 13.1 Å². The molecular weight excluding hydrogens is 330 g/mol. The van der Waals surface area contributed by atoms with Gasteiger partial charge in [0.2, 0.25) is 0 Å². The van der Waals surface area contributed by atoms with Crippen molar-refractivity contribution in [3.63, 3.8) is 0 Å². The molecule has 0 saturated carbocycles. The Labute approximate surface area is 142 Å². The van der Waals surface area contributed by atoms with Crippen LogP contribution in [0.1, 0.15) is 12.0 Å². The van der Waals surface area contributed by atoms with Gasteiger partial charge in [0.1, 0.15) is 18.0 Å². The maximum Gasteiger partial charge on any atom is 0.251 e. The van der Waals surface area contributed by atoms with Crippen molar-refractivity contribution in [2.75, 3.05) is 31.1 Å². The Morgan fingerprint density at radius 3 is 2.76 bits per heavy atom. The molecule has 8 heteroatoms. The molecule has 2 aliphatic rings. The summed E-state index contributed by atoms with van der Waals surface area (Å²) in [4.78, 5) is 14.0. The number of rotatable bonds is 3. The predicted octanol–water partition coefficient (Wildman–Crippen LogP) is 0.869. The third-order valence-corrected chi connectivity index (χ3v) is 5.13. The van der Waals surface area contributed by atoms with E-state index in [9.17, 15) is 13.6 Å². The molecule has 6 nitrogen and oxygen atoms in total. The Morgan fingerprint density at radius 1 is 1.28 bits per heavy atom. The van der Waals surface area contributed by atoms with Gasteiger partial charge in [-0.25, -0.2) is 8.78 Å². The molecule has 1 fully saturated rings. The molecule has 0 bridgehead atoms. The van der Waals surface area contributed by atoms with E-state index in [1.54, 1.807) is 9.47 Å². The number of halogens is 2. The van der Waals surface area contributed by atoms with Gasteiger partial charge in [-0.15, -0.1) is 0 Å². The lowest BCUT2D eigenvalue weighted by atomic mass is 10.0. The molecule has 2 aromatic rings. The maximum absolute atomic E-state index is 14.9. The average molecular weight is 350 g/mol. The normalized spacial score (nSPS) is 22.5. The highest BCUT2D eigenvalue weighted by atomic mass is 19.1. The largest absolute Gasteiger partial charge is 0.487 e. The maximum atomic E-state index is 14.9. The van der Waals surface area contributed by atoms with Gasteiger partial charge in [0.15, 0.2) is 11.6 Å². The van der Waals surface area contributed by atoms with Crippen molar-refractivity contribution in [3.8, 4) is 5.75 Å². The molecule has 1 atom stereocenters. The Bertz CT molecular complexity index is 914. The Balaban J connectivity index is 1.97. The van der Waals surface area contributed by atoms with E-state index in [1.807, 2.05) is 0 Å². The number of alkyl halides is 1. The second-order valence-electron chi connectivity index (χ2n) is 6.67. The summed E-state index contributed by atoms with van der Waals surface area (Å²) in [6.45, 7) is 0.989. The first-order chi connectivity index (χ1) is 12.0. The zero-order valence-electron chi connectivity index (χ0n) is 13.7. The number of pyridine rings is 1. The molecular formula is C17H20F2N4O2. The molecule has 4 N–H and O–H groups in total. The van der Waals surface area contributed by atoms with Crippen molar-refractivity contribution in [2.45, 2.75) is 25.2 Å². The monoisotopic (exact) mass is 350 g/mol.